The molecule has 186 valence electrons. The van der Waals surface area contributed by atoms with Gasteiger partial charge in [0.15, 0.2) is 23.5 Å². The lowest BCUT2D eigenvalue weighted by atomic mass is 10.1. The maximum atomic E-state index is 13.3. The van der Waals surface area contributed by atoms with E-state index in [9.17, 15) is 9.59 Å². The minimum atomic E-state index is -0.647. The van der Waals surface area contributed by atoms with Gasteiger partial charge in [0, 0.05) is 24.1 Å². The Morgan fingerprint density at radius 1 is 1.20 bits per heavy atom. The van der Waals surface area contributed by atoms with Crippen molar-refractivity contribution in [3.8, 4) is 28.7 Å². The van der Waals surface area contributed by atoms with Crippen LogP contribution in [0.3, 0.4) is 0 Å². The number of anilines is 1. The molecular weight excluding hydrogens is 454 g/mol. The van der Waals surface area contributed by atoms with Crippen molar-refractivity contribution in [1.29, 1.82) is 0 Å². The van der Waals surface area contributed by atoms with Gasteiger partial charge in [-0.25, -0.2) is 4.68 Å². The van der Waals surface area contributed by atoms with Crippen LogP contribution in [0, 0.1) is 0 Å². The molecule has 0 saturated carbocycles. The molecule has 11 heteroatoms. The molecule has 0 spiro atoms. The highest BCUT2D eigenvalue weighted by atomic mass is 16.5. The number of rotatable bonds is 9. The van der Waals surface area contributed by atoms with E-state index in [1.165, 1.54) is 26.0 Å². The fourth-order valence-corrected chi connectivity index (χ4v) is 4.05. The molecule has 3 aromatic rings. The van der Waals surface area contributed by atoms with Crippen LogP contribution in [0.25, 0.3) is 11.5 Å². The molecule has 3 heterocycles. The van der Waals surface area contributed by atoms with E-state index in [1.807, 2.05) is 0 Å². The van der Waals surface area contributed by atoms with Gasteiger partial charge in [-0.2, -0.15) is 5.10 Å². The van der Waals surface area contributed by atoms with E-state index in [-0.39, 0.29) is 17.5 Å². The maximum absolute atomic E-state index is 13.3. The second kappa shape index (κ2) is 10.5. The molecule has 2 unspecified atom stereocenters. The van der Waals surface area contributed by atoms with Crippen molar-refractivity contribution in [2.45, 2.75) is 38.5 Å². The Morgan fingerprint density at radius 2 is 1.94 bits per heavy atom. The third-order valence-corrected chi connectivity index (χ3v) is 5.68. The molecule has 11 nitrogen and oxygen atoms in total. The number of hydrogen-bond acceptors (Lipinski definition) is 8. The van der Waals surface area contributed by atoms with E-state index in [2.05, 4.69) is 28.0 Å². The lowest BCUT2D eigenvalue weighted by molar-refractivity contribution is -0.125. The first kappa shape index (κ1) is 24.1. The van der Waals surface area contributed by atoms with E-state index in [1.54, 1.807) is 36.6 Å². The summed E-state index contributed by atoms with van der Waals surface area (Å²) in [5.74, 6) is 1.46. The Bertz CT molecular complexity index is 1160. The van der Waals surface area contributed by atoms with Crippen LogP contribution in [0.5, 0.6) is 17.2 Å². The molecule has 1 fully saturated rings. The van der Waals surface area contributed by atoms with Crippen molar-refractivity contribution in [3.63, 3.8) is 0 Å². The highest BCUT2D eigenvalue weighted by Gasteiger charge is 2.29. The van der Waals surface area contributed by atoms with E-state index in [0.29, 0.717) is 40.9 Å². The molecule has 1 aliphatic heterocycles. The fourth-order valence-electron chi connectivity index (χ4n) is 4.05. The Kier molecular flexibility index (Phi) is 7.25. The Morgan fingerprint density at radius 3 is 2.54 bits per heavy atom. The SMILES string of the molecule is CCCC1CC(=O)NC(n2nc(-c3ccco3)cc2NC(=O)c2cc(OC)c(OC)c(OC)c2)N1. The monoisotopic (exact) mass is 483 g/mol. The number of ether oxygens (including phenoxy) is 3. The van der Waals surface area contributed by atoms with Crippen LogP contribution < -0.4 is 30.2 Å². The zero-order chi connectivity index (χ0) is 24.9. The topological polar surface area (TPSA) is 129 Å². The van der Waals surface area contributed by atoms with Gasteiger partial charge in [0.2, 0.25) is 11.7 Å². The van der Waals surface area contributed by atoms with Crippen LogP contribution in [0.2, 0.25) is 0 Å². The number of nitrogens with zero attached hydrogens (tertiary/aromatic N) is 2. The molecule has 0 radical (unpaired) electrons. The van der Waals surface area contributed by atoms with Crippen molar-refractivity contribution in [2.24, 2.45) is 0 Å². The molecule has 0 aliphatic carbocycles. The average molecular weight is 484 g/mol. The molecule has 1 aliphatic rings. The highest BCUT2D eigenvalue weighted by molar-refractivity contribution is 6.05. The zero-order valence-electron chi connectivity index (χ0n) is 20.1. The molecule has 35 heavy (non-hydrogen) atoms. The second-order valence-corrected chi connectivity index (χ2v) is 8.03. The molecule has 0 bridgehead atoms. The van der Waals surface area contributed by atoms with E-state index >= 15 is 0 Å². The Hall–Kier alpha value is -3.99. The molecular formula is C24H29N5O6. The number of benzene rings is 1. The smallest absolute Gasteiger partial charge is 0.257 e. The normalized spacial score (nSPS) is 17.5. The van der Waals surface area contributed by atoms with Crippen LogP contribution in [0.15, 0.2) is 41.0 Å². The number of hydrogen-bond donors (Lipinski definition) is 3. The summed E-state index contributed by atoms with van der Waals surface area (Å²) >= 11 is 0. The number of nitrogens with one attached hydrogen (secondary N) is 3. The molecule has 1 saturated heterocycles. The minimum Gasteiger partial charge on any atom is -0.493 e. The summed E-state index contributed by atoms with van der Waals surface area (Å²) < 4.78 is 23.1. The number of aromatic nitrogens is 2. The number of carbonyl (C=O) groups is 2. The fraction of sp³-hybridized carbons (Fsp3) is 0.375. The van der Waals surface area contributed by atoms with Crippen LogP contribution >= 0.6 is 0 Å². The first-order valence-corrected chi connectivity index (χ1v) is 11.3. The van der Waals surface area contributed by atoms with Crippen LogP contribution in [-0.4, -0.2) is 49.0 Å². The Balaban J connectivity index is 1.69. The Labute approximate surface area is 202 Å². The minimum absolute atomic E-state index is 0.00586. The average Bonchev–Trinajstić information content (AvgIpc) is 3.53. The van der Waals surface area contributed by atoms with Gasteiger partial charge in [-0.15, -0.1) is 0 Å². The molecule has 2 atom stereocenters. The lowest BCUT2D eigenvalue weighted by Gasteiger charge is -2.32. The predicted octanol–water partition coefficient (Wildman–Crippen LogP) is 3.16. The third-order valence-electron chi connectivity index (χ3n) is 5.68. The van der Waals surface area contributed by atoms with Crippen molar-refractivity contribution in [3.05, 3.63) is 42.2 Å². The summed E-state index contributed by atoms with van der Waals surface area (Å²) in [5, 5.41) is 13.8. The molecule has 2 amide bonds. The summed E-state index contributed by atoms with van der Waals surface area (Å²) in [4.78, 5) is 25.7. The van der Waals surface area contributed by atoms with Gasteiger partial charge in [-0.3, -0.25) is 14.9 Å². The first-order chi connectivity index (χ1) is 17.0. The third kappa shape index (κ3) is 5.09. The summed E-state index contributed by atoms with van der Waals surface area (Å²) in [5.41, 5.74) is 0.792. The van der Waals surface area contributed by atoms with E-state index in [0.717, 1.165) is 12.8 Å². The molecule has 4 rings (SSSR count). The zero-order valence-corrected chi connectivity index (χ0v) is 20.1. The van der Waals surface area contributed by atoms with Crippen molar-refractivity contribution in [1.82, 2.24) is 20.4 Å². The number of carbonyl (C=O) groups excluding carboxylic acids is 2. The lowest BCUT2D eigenvalue weighted by Crippen LogP contribution is -2.53. The first-order valence-electron chi connectivity index (χ1n) is 11.3. The van der Waals surface area contributed by atoms with Gasteiger partial charge in [0.25, 0.3) is 5.91 Å². The van der Waals surface area contributed by atoms with Gasteiger partial charge in [0.1, 0.15) is 11.5 Å². The summed E-state index contributed by atoms with van der Waals surface area (Å²) in [6.45, 7) is 2.06. The standard InChI is InChI=1S/C24H29N5O6/c1-5-7-15-12-21(30)27-24(25-15)29-20(13-16(28-29)17-8-6-9-35-17)26-23(31)14-10-18(32-2)22(34-4)19(11-14)33-3/h6,8-11,13,15,24-25H,5,7,12H2,1-4H3,(H,26,31)(H,27,30). The van der Waals surface area contributed by atoms with Gasteiger partial charge < -0.3 is 29.3 Å². The van der Waals surface area contributed by atoms with Crippen molar-refractivity contribution >= 4 is 17.6 Å². The number of amides is 2. The van der Waals surface area contributed by atoms with Crippen LogP contribution in [0.4, 0.5) is 5.82 Å². The van der Waals surface area contributed by atoms with Crippen molar-refractivity contribution < 1.29 is 28.2 Å². The quantitative estimate of drug-likeness (QED) is 0.423. The van der Waals surface area contributed by atoms with Gasteiger partial charge in [-0.05, 0) is 30.7 Å². The molecule has 1 aromatic carbocycles. The molecule has 2 aromatic heterocycles. The maximum Gasteiger partial charge on any atom is 0.257 e. The van der Waals surface area contributed by atoms with E-state index in [4.69, 9.17) is 18.6 Å². The molecule has 3 N–H and O–H groups in total. The van der Waals surface area contributed by atoms with Gasteiger partial charge >= 0.3 is 0 Å². The largest absolute Gasteiger partial charge is 0.493 e. The van der Waals surface area contributed by atoms with E-state index < -0.39 is 12.2 Å². The summed E-state index contributed by atoms with van der Waals surface area (Å²) in [7, 11) is 4.45. The van der Waals surface area contributed by atoms with Crippen LogP contribution in [-0.2, 0) is 4.79 Å². The highest BCUT2D eigenvalue weighted by Crippen LogP contribution is 2.38. The summed E-state index contributed by atoms with van der Waals surface area (Å²) in [6.07, 6.45) is 3.04. The van der Waals surface area contributed by atoms with Gasteiger partial charge in [-0.1, -0.05) is 13.3 Å². The number of methoxy groups -OCH3 is 3. The number of furan rings is 1. The van der Waals surface area contributed by atoms with Crippen molar-refractivity contribution in [2.75, 3.05) is 26.6 Å². The van der Waals surface area contributed by atoms with Gasteiger partial charge in [0.05, 0.1) is 27.6 Å². The second-order valence-electron chi connectivity index (χ2n) is 8.03. The summed E-state index contributed by atoms with van der Waals surface area (Å²) in [6, 6.07) is 8.32. The predicted molar refractivity (Wildman–Crippen MR) is 128 cm³/mol. The van der Waals surface area contributed by atoms with Crippen LogP contribution in [0.1, 0.15) is 42.8 Å².